The molecule has 0 heterocycles. The molecule has 1 fully saturated rings. The third kappa shape index (κ3) is 5.94. The molecule has 5 heteroatoms. The first kappa shape index (κ1) is 15.8. The van der Waals surface area contributed by atoms with Gasteiger partial charge < -0.3 is 15.7 Å². The van der Waals surface area contributed by atoms with E-state index in [9.17, 15) is 9.59 Å². The van der Waals surface area contributed by atoms with E-state index in [1.54, 1.807) is 0 Å². The molecule has 0 saturated heterocycles. The van der Waals surface area contributed by atoms with Crippen molar-refractivity contribution in [1.29, 1.82) is 0 Å². The standard InChI is InChI=1S/C14H26N2O3/c1-3-10(2)8-15-14(19)16-9-11-4-6-12(7-5-11)13(17)18/h10-12H,3-9H2,1-2H3,(H,17,18)(H2,15,16,19). The van der Waals surface area contributed by atoms with Crippen LogP contribution in [0.3, 0.4) is 0 Å². The first-order chi connectivity index (χ1) is 9.02. The molecule has 1 rings (SSSR count). The molecule has 3 N–H and O–H groups in total. The predicted molar refractivity (Wildman–Crippen MR) is 73.9 cm³/mol. The molecule has 1 atom stereocenters. The Morgan fingerprint density at radius 1 is 1.21 bits per heavy atom. The molecule has 1 aliphatic carbocycles. The van der Waals surface area contributed by atoms with Gasteiger partial charge in [-0.3, -0.25) is 4.79 Å². The van der Waals surface area contributed by atoms with E-state index in [1.807, 2.05) is 0 Å². The van der Waals surface area contributed by atoms with Gasteiger partial charge in [-0.25, -0.2) is 4.79 Å². The fraction of sp³-hybridized carbons (Fsp3) is 0.857. The zero-order valence-electron chi connectivity index (χ0n) is 11.9. The van der Waals surface area contributed by atoms with Crippen molar-refractivity contribution in [3.05, 3.63) is 0 Å². The number of amides is 2. The lowest BCUT2D eigenvalue weighted by atomic mass is 9.82. The second kappa shape index (κ2) is 8.02. The van der Waals surface area contributed by atoms with Crippen molar-refractivity contribution in [1.82, 2.24) is 10.6 Å². The molecule has 0 aromatic carbocycles. The summed E-state index contributed by atoms with van der Waals surface area (Å²) in [7, 11) is 0. The minimum Gasteiger partial charge on any atom is -0.481 e. The maximum Gasteiger partial charge on any atom is 0.314 e. The summed E-state index contributed by atoms with van der Waals surface area (Å²) in [5.41, 5.74) is 0. The predicted octanol–water partition coefficient (Wildman–Crippen LogP) is 2.22. The Morgan fingerprint density at radius 2 is 1.84 bits per heavy atom. The molecule has 19 heavy (non-hydrogen) atoms. The number of hydrogen-bond donors (Lipinski definition) is 3. The first-order valence-corrected chi connectivity index (χ1v) is 7.27. The zero-order valence-corrected chi connectivity index (χ0v) is 11.9. The Bertz CT molecular complexity index is 299. The van der Waals surface area contributed by atoms with Crippen molar-refractivity contribution >= 4 is 12.0 Å². The summed E-state index contributed by atoms with van der Waals surface area (Å²) in [4.78, 5) is 22.4. The number of carboxylic acid groups (broad SMARTS) is 1. The van der Waals surface area contributed by atoms with Gasteiger partial charge in [0.05, 0.1) is 5.92 Å². The normalized spacial score (nSPS) is 24.5. The van der Waals surface area contributed by atoms with Crippen molar-refractivity contribution in [2.75, 3.05) is 13.1 Å². The van der Waals surface area contributed by atoms with E-state index in [4.69, 9.17) is 5.11 Å². The molecule has 1 aliphatic rings. The zero-order chi connectivity index (χ0) is 14.3. The molecule has 2 amide bonds. The largest absolute Gasteiger partial charge is 0.481 e. The number of carbonyl (C=O) groups excluding carboxylic acids is 1. The summed E-state index contributed by atoms with van der Waals surface area (Å²) >= 11 is 0. The van der Waals surface area contributed by atoms with Crippen LogP contribution in [0.25, 0.3) is 0 Å². The summed E-state index contributed by atoms with van der Waals surface area (Å²) in [6.07, 6.45) is 4.30. The maximum atomic E-state index is 11.6. The number of hydrogen-bond acceptors (Lipinski definition) is 2. The molecule has 1 saturated carbocycles. The van der Waals surface area contributed by atoms with Crippen molar-refractivity contribution < 1.29 is 14.7 Å². The third-order valence-electron chi connectivity index (χ3n) is 4.06. The van der Waals surface area contributed by atoms with Crippen molar-refractivity contribution in [3.63, 3.8) is 0 Å². The fourth-order valence-electron chi connectivity index (χ4n) is 2.32. The Hall–Kier alpha value is -1.26. The van der Waals surface area contributed by atoms with Crippen LogP contribution in [-0.2, 0) is 4.79 Å². The summed E-state index contributed by atoms with van der Waals surface area (Å²) in [5.74, 6) is 0.0508. The topological polar surface area (TPSA) is 78.4 Å². The van der Waals surface area contributed by atoms with E-state index in [-0.39, 0.29) is 11.9 Å². The molecule has 1 unspecified atom stereocenters. The smallest absolute Gasteiger partial charge is 0.314 e. The fourth-order valence-corrected chi connectivity index (χ4v) is 2.32. The SMILES string of the molecule is CCC(C)CNC(=O)NCC1CCC(C(=O)O)CC1. The van der Waals surface area contributed by atoms with Crippen LogP contribution < -0.4 is 10.6 Å². The van der Waals surface area contributed by atoms with Gasteiger partial charge in [-0.2, -0.15) is 0 Å². The van der Waals surface area contributed by atoms with Crippen molar-refractivity contribution in [3.8, 4) is 0 Å². The molecule has 0 aromatic rings. The van der Waals surface area contributed by atoms with Crippen LogP contribution in [0, 0.1) is 17.8 Å². The quantitative estimate of drug-likeness (QED) is 0.692. The van der Waals surface area contributed by atoms with Crippen LogP contribution in [0.5, 0.6) is 0 Å². The van der Waals surface area contributed by atoms with Crippen LogP contribution in [0.15, 0.2) is 0 Å². The van der Waals surface area contributed by atoms with E-state index < -0.39 is 5.97 Å². The van der Waals surface area contributed by atoms with Crippen LogP contribution in [0.2, 0.25) is 0 Å². The van der Waals surface area contributed by atoms with Gasteiger partial charge in [0.15, 0.2) is 0 Å². The highest BCUT2D eigenvalue weighted by Crippen LogP contribution is 2.28. The van der Waals surface area contributed by atoms with E-state index >= 15 is 0 Å². The maximum absolute atomic E-state index is 11.6. The van der Waals surface area contributed by atoms with E-state index in [0.29, 0.717) is 24.9 Å². The Morgan fingerprint density at radius 3 is 2.37 bits per heavy atom. The second-order valence-corrected chi connectivity index (χ2v) is 5.66. The Labute approximate surface area is 115 Å². The lowest BCUT2D eigenvalue weighted by Gasteiger charge is -2.26. The highest BCUT2D eigenvalue weighted by molar-refractivity contribution is 5.73. The summed E-state index contributed by atoms with van der Waals surface area (Å²) in [6.45, 7) is 5.56. The average molecular weight is 270 g/mol. The molecule has 110 valence electrons. The number of rotatable bonds is 6. The van der Waals surface area contributed by atoms with Gasteiger partial charge in [-0.15, -0.1) is 0 Å². The van der Waals surface area contributed by atoms with Gasteiger partial charge in [-0.05, 0) is 37.5 Å². The average Bonchev–Trinajstić information content (AvgIpc) is 2.42. The molecule has 0 aliphatic heterocycles. The van der Waals surface area contributed by atoms with Gasteiger partial charge in [0, 0.05) is 13.1 Å². The van der Waals surface area contributed by atoms with Gasteiger partial charge in [0.2, 0.25) is 0 Å². The van der Waals surface area contributed by atoms with Crippen LogP contribution in [0.4, 0.5) is 4.79 Å². The van der Waals surface area contributed by atoms with Gasteiger partial charge in [-0.1, -0.05) is 20.3 Å². The van der Waals surface area contributed by atoms with E-state index in [1.165, 1.54) is 0 Å². The summed E-state index contributed by atoms with van der Waals surface area (Å²) < 4.78 is 0. The number of nitrogens with one attached hydrogen (secondary N) is 2. The third-order valence-corrected chi connectivity index (χ3v) is 4.06. The Balaban J connectivity index is 2.13. The van der Waals surface area contributed by atoms with Crippen molar-refractivity contribution in [2.24, 2.45) is 17.8 Å². The number of aliphatic carboxylic acids is 1. The minimum absolute atomic E-state index is 0.111. The first-order valence-electron chi connectivity index (χ1n) is 7.27. The summed E-state index contributed by atoms with van der Waals surface area (Å²) in [5, 5.41) is 14.6. The van der Waals surface area contributed by atoms with E-state index in [0.717, 1.165) is 32.1 Å². The molecular weight excluding hydrogens is 244 g/mol. The lowest BCUT2D eigenvalue weighted by molar-refractivity contribution is -0.143. The Kier molecular flexibility index (Phi) is 6.67. The van der Waals surface area contributed by atoms with Gasteiger partial charge >= 0.3 is 12.0 Å². The van der Waals surface area contributed by atoms with Gasteiger partial charge in [0.1, 0.15) is 0 Å². The molecule has 0 radical (unpaired) electrons. The highest BCUT2D eigenvalue weighted by atomic mass is 16.4. The lowest BCUT2D eigenvalue weighted by Crippen LogP contribution is -2.40. The summed E-state index contributed by atoms with van der Waals surface area (Å²) in [6, 6.07) is -0.111. The molecular formula is C14H26N2O3. The molecule has 0 aromatic heterocycles. The molecule has 0 spiro atoms. The molecule has 0 bridgehead atoms. The minimum atomic E-state index is -0.683. The highest BCUT2D eigenvalue weighted by Gasteiger charge is 2.25. The molecule has 5 nitrogen and oxygen atoms in total. The van der Waals surface area contributed by atoms with Crippen LogP contribution >= 0.6 is 0 Å². The number of carbonyl (C=O) groups is 2. The number of urea groups is 1. The van der Waals surface area contributed by atoms with E-state index in [2.05, 4.69) is 24.5 Å². The van der Waals surface area contributed by atoms with Crippen LogP contribution in [-0.4, -0.2) is 30.2 Å². The monoisotopic (exact) mass is 270 g/mol. The van der Waals surface area contributed by atoms with Crippen LogP contribution in [0.1, 0.15) is 46.0 Å². The second-order valence-electron chi connectivity index (χ2n) is 5.66. The van der Waals surface area contributed by atoms with Crippen molar-refractivity contribution in [2.45, 2.75) is 46.0 Å². The number of carboxylic acids is 1. The van der Waals surface area contributed by atoms with Gasteiger partial charge in [0.25, 0.3) is 0 Å².